The number of benzene rings is 7. The monoisotopic (exact) mass is 893 g/mol. The first-order valence-corrected chi connectivity index (χ1v) is 24.1. The molecule has 9 aromatic rings. The van der Waals surface area contributed by atoms with Gasteiger partial charge in [0, 0.05) is 45.9 Å². The van der Waals surface area contributed by atoms with Gasteiger partial charge in [-0.15, -0.1) is 0 Å². The first-order chi connectivity index (χ1) is 32.3. The van der Waals surface area contributed by atoms with E-state index in [-0.39, 0.29) is 21.7 Å². The van der Waals surface area contributed by atoms with Crippen molar-refractivity contribution in [2.75, 3.05) is 16.5 Å². The Bertz CT molecular complexity index is 3320. The summed E-state index contributed by atoms with van der Waals surface area (Å²) in [4.78, 5) is 9.92. The Hall–Kier alpha value is -7.11. The molecule has 7 aromatic carbocycles. The number of rotatable bonds is 8. The lowest BCUT2D eigenvalue weighted by molar-refractivity contribution is 0.479. The number of fused-ring (bicyclic) bond motifs is 4. The van der Waals surface area contributed by atoms with Crippen LogP contribution in [0.1, 0.15) is 104 Å². The molecule has 0 radical (unpaired) electrons. The zero-order valence-corrected chi connectivity index (χ0v) is 41.6. The number of nitrogens with zero attached hydrogens (tertiary/aromatic N) is 4. The molecular weight excluding hydrogens is 829 g/mol. The summed E-state index contributed by atoms with van der Waals surface area (Å²) in [7, 11) is 0. The van der Waals surface area contributed by atoms with Gasteiger partial charge in [0.05, 0.1) is 22.4 Å². The van der Waals surface area contributed by atoms with Gasteiger partial charge in [-0.3, -0.25) is 4.57 Å². The lowest BCUT2D eigenvalue weighted by atomic mass is 9.78. The number of ether oxygens (including phenoxy) is 1. The maximum atomic E-state index is 7.07. The molecule has 68 heavy (non-hydrogen) atoms. The molecule has 0 unspecified atom stereocenters. The minimum atomic E-state index is -0.193. The summed E-state index contributed by atoms with van der Waals surface area (Å²) < 4.78 is 9.38. The van der Waals surface area contributed by atoms with Crippen LogP contribution in [0.3, 0.4) is 0 Å². The largest absolute Gasteiger partial charge is 0.457 e. The van der Waals surface area contributed by atoms with E-state index >= 15 is 0 Å². The van der Waals surface area contributed by atoms with Crippen LogP contribution < -0.4 is 14.5 Å². The normalized spacial score (nSPS) is 13.4. The van der Waals surface area contributed by atoms with E-state index in [1.54, 1.807) is 0 Å². The predicted molar refractivity (Wildman–Crippen MR) is 287 cm³/mol. The summed E-state index contributed by atoms with van der Waals surface area (Å²) in [5, 5.41) is 2.35. The maximum absolute atomic E-state index is 7.07. The summed E-state index contributed by atoms with van der Waals surface area (Å²) in [5.74, 6) is 2.46. The van der Waals surface area contributed by atoms with Gasteiger partial charge in [-0.05, 0) is 128 Å². The van der Waals surface area contributed by atoms with Crippen LogP contribution in [0.25, 0.3) is 38.8 Å². The molecule has 0 fully saturated rings. The van der Waals surface area contributed by atoms with Gasteiger partial charge in [0.15, 0.2) is 0 Å². The Balaban J connectivity index is 1.08. The van der Waals surface area contributed by atoms with Crippen LogP contribution in [0, 0.1) is 0 Å². The van der Waals surface area contributed by atoms with Gasteiger partial charge in [-0.25, -0.2) is 4.98 Å². The molecule has 0 saturated heterocycles. The molecule has 342 valence electrons. The molecule has 0 amide bonds. The number of pyridine rings is 1. The second-order valence-electron chi connectivity index (χ2n) is 22.3. The third-order valence-electron chi connectivity index (χ3n) is 14.0. The first-order valence-electron chi connectivity index (χ1n) is 24.1. The zero-order chi connectivity index (χ0) is 47.8. The van der Waals surface area contributed by atoms with Gasteiger partial charge in [-0.2, -0.15) is 0 Å². The minimum Gasteiger partial charge on any atom is -0.457 e. The summed E-state index contributed by atoms with van der Waals surface area (Å²) in [6.07, 6.45) is 1.95. The topological polar surface area (TPSA) is 33.5 Å². The van der Waals surface area contributed by atoms with Crippen LogP contribution in [0.5, 0.6) is 11.5 Å². The highest BCUT2D eigenvalue weighted by molar-refractivity contribution is 6.10. The van der Waals surface area contributed by atoms with Crippen molar-refractivity contribution in [1.82, 2.24) is 9.55 Å². The van der Waals surface area contributed by atoms with Gasteiger partial charge < -0.3 is 14.5 Å². The summed E-state index contributed by atoms with van der Waals surface area (Å²) in [6.45, 7) is 25.8. The zero-order valence-electron chi connectivity index (χ0n) is 41.6. The van der Waals surface area contributed by atoms with Crippen LogP contribution in [0.2, 0.25) is 0 Å². The second kappa shape index (κ2) is 16.6. The smallest absolute Gasteiger partial charge is 0.137 e. The molecule has 1 aliphatic heterocycles. The van der Waals surface area contributed by atoms with Crippen molar-refractivity contribution in [2.45, 2.75) is 97.8 Å². The molecule has 2 aromatic heterocycles. The van der Waals surface area contributed by atoms with Gasteiger partial charge in [0.1, 0.15) is 24.0 Å². The summed E-state index contributed by atoms with van der Waals surface area (Å²) in [6, 6.07) is 62.1. The molecule has 5 heteroatoms. The molecule has 0 N–H and O–H groups in total. The van der Waals surface area contributed by atoms with E-state index in [9.17, 15) is 0 Å². The molecule has 0 atom stereocenters. The van der Waals surface area contributed by atoms with Crippen LogP contribution in [-0.2, 0) is 21.7 Å². The average Bonchev–Trinajstić information content (AvgIpc) is 3.87. The van der Waals surface area contributed by atoms with Crippen molar-refractivity contribution in [2.24, 2.45) is 0 Å². The van der Waals surface area contributed by atoms with Crippen LogP contribution in [0.4, 0.5) is 22.7 Å². The van der Waals surface area contributed by atoms with Crippen LogP contribution in [0.15, 0.2) is 176 Å². The lowest BCUT2D eigenvalue weighted by Gasteiger charge is -2.27. The highest BCUT2D eigenvalue weighted by Gasteiger charge is 2.31. The molecule has 0 saturated carbocycles. The molecule has 0 aliphatic carbocycles. The van der Waals surface area contributed by atoms with Gasteiger partial charge in [0.2, 0.25) is 0 Å². The number of hydrogen-bond acceptors (Lipinski definition) is 4. The Morgan fingerprint density at radius 2 is 1.01 bits per heavy atom. The molecular formula is C63H64N4O. The fraction of sp³-hybridized carbons (Fsp3) is 0.254. The SMILES string of the molecule is CC(C)(C)c1cc(Oc2ccc3c4cc(C(C)(C)c5ccccc5)ccc4n(-c4cc(C(C)(C)C)ccn4)c3c2)cc(N2CN(c3cc(-c4ccccc4)cc(C(C)(C)C)c3)c3ccccc32)c1. The van der Waals surface area contributed by atoms with Crippen LogP contribution in [-0.4, -0.2) is 16.2 Å². The summed E-state index contributed by atoms with van der Waals surface area (Å²) >= 11 is 0. The van der Waals surface area contributed by atoms with E-state index in [2.05, 4.69) is 260 Å². The first kappa shape index (κ1) is 44.7. The van der Waals surface area contributed by atoms with E-state index in [4.69, 9.17) is 9.72 Å². The van der Waals surface area contributed by atoms with Gasteiger partial charge in [0.25, 0.3) is 0 Å². The molecule has 3 heterocycles. The highest BCUT2D eigenvalue weighted by Crippen LogP contribution is 2.48. The third-order valence-corrected chi connectivity index (χ3v) is 14.0. The van der Waals surface area contributed by atoms with Crippen molar-refractivity contribution in [3.8, 4) is 28.4 Å². The standard InChI is InChI=1S/C63H64N4O/c1-60(2,3)45-30-31-64-59(38-45)67-55-29-26-46(63(10,11)44-22-16-13-17-23-44)37-54(55)53-28-27-51(40-58(53)67)68-52-36-48(62(7,8)9)35-50(39-52)66-41-65(56-24-18-19-25-57(56)66)49-33-43(42-20-14-12-15-21-42)32-47(34-49)61(4,5)6/h12-40H,41H2,1-11H3. The molecule has 0 bridgehead atoms. The van der Waals surface area contributed by atoms with Crippen molar-refractivity contribution in [3.05, 3.63) is 204 Å². The molecule has 5 nitrogen and oxygen atoms in total. The highest BCUT2D eigenvalue weighted by atomic mass is 16.5. The predicted octanol–water partition coefficient (Wildman–Crippen LogP) is 17.1. The Kier molecular flexibility index (Phi) is 10.9. The molecule has 0 spiro atoms. The minimum absolute atomic E-state index is 0.0294. The van der Waals surface area contributed by atoms with Gasteiger partial charge >= 0.3 is 0 Å². The number of para-hydroxylation sites is 2. The molecule has 10 rings (SSSR count). The van der Waals surface area contributed by atoms with E-state index < -0.39 is 0 Å². The second-order valence-corrected chi connectivity index (χ2v) is 22.3. The van der Waals surface area contributed by atoms with Crippen molar-refractivity contribution < 1.29 is 4.74 Å². The van der Waals surface area contributed by atoms with Crippen molar-refractivity contribution >= 4 is 44.6 Å². The average molecular weight is 893 g/mol. The Labute approximate surface area is 403 Å². The van der Waals surface area contributed by atoms with E-state index in [1.165, 1.54) is 55.7 Å². The fourth-order valence-corrected chi connectivity index (χ4v) is 9.75. The number of aromatic nitrogens is 2. The number of hydrogen-bond donors (Lipinski definition) is 0. The maximum Gasteiger partial charge on any atom is 0.137 e. The van der Waals surface area contributed by atoms with Crippen molar-refractivity contribution in [3.63, 3.8) is 0 Å². The Morgan fingerprint density at radius 3 is 1.66 bits per heavy atom. The third kappa shape index (κ3) is 8.33. The van der Waals surface area contributed by atoms with E-state index in [1.807, 2.05) is 6.20 Å². The lowest BCUT2D eigenvalue weighted by Crippen LogP contribution is -2.25. The fourth-order valence-electron chi connectivity index (χ4n) is 9.75. The summed E-state index contributed by atoms with van der Waals surface area (Å²) in [5.41, 5.74) is 15.1. The quantitative estimate of drug-likeness (QED) is 0.152. The van der Waals surface area contributed by atoms with Gasteiger partial charge in [-0.1, -0.05) is 161 Å². The van der Waals surface area contributed by atoms with Crippen molar-refractivity contribution in [1.29, 1.82) is 0 Å². The van der Waals surface area contributed by atoms with E-state index in [0.29, 0.717) is 6.67 Å². The van der Waals surface area contributed by atoms with Crippen LogP contribution >= 0.6 is 0 Å². The van der Waals surface area contributed by atoms with E-state index in [0.717, 1.165) is 45.1 Å². The molecule has 1 aliphatic rings. The number of anilines is 4. The Morgan fingerprint density at radius 1 is 0.412 bits per heavy atom.